The molecule has 4 heteroatoms. The number of carbonyl (C=O) groups is 2. The zero-order valence-electron chi connectivity index (χ0n) is 9.07. The van der Waals surface area contributed by atoms with Crippen molar-refractivity contribution in [1.29, 1.82) is 0 Å². The molecule has 0 saturated carbocycles. The Balaban J connectivity index is 2.18. The molecule has 0 bridgehead atoms. The van der Waals surface area contributed by atoms with Gasteiger partial charge in [0.2, 0.25) is 5.91 Å². The highest BCUT2D eigenvalue weighted by atomic mass is 16.4. The molecule has 1 N–H and O–H groups in total. The molecule has 0 radical (unpaired) electrons. The van der Waals surface area contributed by atoms with Crippen LogP contribution in [0.1, 0.15) is 44.9 Å². The van der Waals surface area contributed by atoms with E-state index in [1.54, 1.807) is 0 Å². The molecule has 1 saturated heterocycles. The predicted molar refractivity (Wildman–Crippen MR) is 56.5 cm³/mol. The molecule has 15 heavy (non-hydrogen) atoms. The van der Waals surface area contributed by atoms with Gasteiger partial charge in [0, 0.05) is 25.9 Å². The van der Waals surface area contributed by atoms with E-state index < -0.39 is 5.97 Å². The van der Waals surface area contributed by atoms with E-state index in [1.165, 1.54) is 0 Å². The average Bonchev–Trinajstić information content (AvgIpc) is 2.38. The summed E-state index contributed by atoms with van der Waals surface area (Å²) >= 11 is 0. The van der Waals surface area contributed by atoms with E-state index in [2.05, 4.69) is 0 Å². The van der Waals surface area contributed by atoms with Gasteiger partial charge < -0.3 is 10.0 Å². The summed E-state index contributed by atoms with van der Waals surface area (Å²) in [5, 5.41) is 8.47. The SMILES string of the molecule is O=C(O)CCCCN1CCCCCC1=O. The van der Waals surface area contributed by atoms with Gasteiger partial charge in [-0.3, -0.25) is 9.59 Å². The van der Waals surface area contributed by atoms with Gasteiger partial charge >= 0.3 is 5.97 Å². The molecule has 0 aromatic heterocycles. The molecule has 0 aromatic carbocycles. The first-order chi connectivity index (χ1) is 7.20. The fraction of sp³-hybridized carbons (Fsp3) is 0.818. The molecule has 1 heterocycles. The van der Waals surface area contributed by atoms with Crippen molar-refractivity contribution in [3.63, 3.8) is 0 Å². The number of likely N-dealkylation sites (tertiary alicyclic amines) is 1. The Kier molecular flexibility index (Phi) is 5.15. The van der Waals surface area contributed by atoms with Crippen LogP contribution in [0.25, 0.3) is 0 Å². The number of carboxylic acids is 1. The first-order valence-electron chi connectivity index (χ1n) is 5.70. The van der Waals surface area contributed by atoms with E-state index in [0.29, 0.717) is 12.8 Å². The van der Waals surface area contributed by atoms with Crippen molar-refractivity contribution in [3.05, 3.63) is 0 Å². The van der Waals surface area contributed by atoms with Crippen LogP contribution in [0.3, 0.4) is 0 Å². The fourth-order valence-electron chi connectivity index (χ4n) is 1.85. The van der Waals surface area contributed by atoms with E-state index in [9.17, 15) is 9.59 Å². The topological polar surface area (TPSA) is 57.6 Å². The van der Waals surface area contributed by atoms with Crippen LogP contribution >= 0.6 is 0 Å². The molecule has 1 rings (SSSR count). The van der Waals surface area contributed by atoms with Crippen LogP contribution in [-0.2, 0) is 9.59 Å². The zero-order chi connectivity index (χ0) is 11.1. The van der Waals surface area contributed by atoms with Crippen LogP contribution in [0.4, 0.5) is 0 Å². The van der Waals surface area contributed by atoms with Gasteiger partial charge in [0.05, 0.1) is 0 Å². The quantitative estimate of drug-likeness (QED) is 0.706. The highest BCUT2D eigenvalue weighted by Crippen LogP contribution is 2.12. The Morgan fingerprint density at radius 3 is 2.80 bits per heavy atom. The molecular formula is C11H19NO3. The molecule has 1 aliphatic heterocycles. The summed E-state index contributed by atoms with van der Waals surface area (Å²) in [4.78, 5) is 23.7. The monoisotopic (exact) mass is 213 g/mol. The van der Waals surface area contributed by atoms with Crippen molar-refractivity contribution in [3.8, 4) is 0 Å². The molecule has 1 amide bonds. The van der Waals surface area contributed by atoms with Crippen LogP contribution in [0, 0.1) is 0 Å². The number of hydrogen-bond donors (Lipinski definition) is 1. The van der Waals surface area contributed by atoms with E-state index in [-0.39, 0.29) is 12.3 Å². The van der Waals surface area contributed by atoms with Gasteiger partial charge in [0.25, 0.3) is 0 Å². The summed E-state index contributed by atoms with van der Waals surface area (Å²) < 4.78 is 0. The highest BCUT2D eigenvalue weighted by Gasteiger charge is 2.15. The molecule has 0 aliphatic carbocycles. The smallest absolute Gasteiger partial charge is 0.303 e. The average molecular weight is 213 g/mol. The second-order valence-electron chi connectivity index (χ2n) is 4.04. The summed E-state index contributed by atoms with van der Waals surface area (Å²) in [6.07, 6.45) is 5.57. The van der Waals surface area contributed by atoms with Crippen molar-refractivity contribution >= 4 is 11.9 Å². The molecule has 0 atom stereocenters. The van der Waals surface area contributed by atoms with E-state index in [4.69, 9.17) is 5.11 Å². The number of amides is 1. The molecule has 0 unspecified atom stereocenters. The number of unbranched alkanes of at least 4 members (excludes halogenated alkanes) is 1. The van der Waals surface area contributed by atoms with Crippen LogP contribution < -0.4 is 0 Å². The maximum absolute atomic E-state index is 11.6. The Morgan fingerprint density at radius 2 is 2.07 bits per heavy atom. The third-order valence-corrected chi connectivity index (χ3v) is 2.74. The third-order valence-electron chi connectivity index (χ3n) is 2.74. The van der Waals surface area contributed by atoms with Crippen LogP contribution in [0.2, 0.25) is 0 Å². The lowest BCUT2D eigenvalue weighted by molar-refractivity contribution is -0.137. The first-order valence-corrected chi connectivity index (χ1v) is 5.70. The minimum absolute atomic E-state index is 0.210. The van der Waals surface area contributed by atoms with Crippen molar-refractivity contribution in [2.24, 2.45) is 0 Å². The third kappa shape index (κ3) is 4.81. The summed E-state index contributed by atoms with van der Waals surface area (Å²) in [5.41, 5.74) is 0. The summed E-state index contributed by atoms with van der Waals surface area (Å²) in [6, 6.07) is 0. The van der Waals surface area contributed by atoms with Gasteiger partial charge in [-0.15, -0.1) is 0 Å². The van der Waals surface area contributed by atoms with Crippen LogP contribution in [-0.4, -0.2) is 35.0 Å². The molecule has 86 valence electrons. The van der Waals surface area contributed by atoms with Gasteiger partial charge in [-0.2, -0.15) is 0 Å². The number of aliphatic carboxylic acids is 1. The Labute approximate surface area is 90.3 Å². The largest absolute Gasteiger partial charge is 0.481 e. The summed E-state index contributed by atoms with van der Waals surface area (Å²) in [7, 11) is 0. The minimum atomic E-state index is -0.753. The standard InChI is InChI=1S/C11H19NO3/c13-10-6-2-1-4-8-12(10)9-5-3-7-11(14)15/h1-9H2,(H,14,15). The molecular weight excluding hydrogens is 194 g/mol. The number of rotatable bonds is 5. The zero-order valence-corrected chi connectivity index (χ0v) is 9.07. The molecule has 1 aliphatic rings. The molecule has 0 spiro atoms. The van der Waals surface area contributed by atoms with Crippen molar-refractivity contribution in [2.45, 2.75) is 44.9 Å². The van der Waals surface area contributed by atoms with Crippen LogP contribution in [0.5, 0.6) is 0 Å². The molecule has 1 fully saturated rings. The second kappa shape index (κ2) is 6.43. The van der Waals surface area contributed by atoms with E-state index in [1.807, 2.05) is 4.90 Å². The summed E-state index contributed by atoms with van der Waals surface area (Å²) in [6.45, 7) is 1.58. The highest BCUT2D eigenvalue weighted by molar-refractivity contribution is 5.76. The lowest BCUT2D eigenvalue weighted by Gasteiger charge is -2.19. The van der Waals surface area contributed by atoms with E-state index in [0.717, 1.165) is 38.8 Å². The minimum Gasteiger partial charge on any atom is -0.481 e. The fourth-order valence-corrected chi connectivity index (χ4v) is 1.85. The lowest BCUT2D eigenvalue weighted by Crippen LogP contribution is -2.31. The lowest BCUT2D eigenvalue weighted by atomic mass is 10.2. The number of hydrogen-bond acceptors (Lipinski definition) is 2. The Bertz CT molecular complexity index is 228. The Morgan fingerprint density at radius 1 is 1.27 bits per heavy atom. The van der Waals surface area contributed by atoms with Crippen molar-refractivity contribution in [1.82, 2.24) is 4.90 Å². The number of carbonyl (C=O) groups excluding carboxylic acids is 1. The van der Waals surface area contributed by atoms with Gasteiger partial charge in [0.1, 0.15) is 0 Å². The predicted octanol–water partition coefficient (Wildman–Crippen LogP) is 1.64. The first kappa shape index (κ1) is 12.0. The van der Waals surface area contributed by atoms with Gasteiger partial charge in [-0.1, -0.05) is 6.42 Å². The molecule has 0 aromatic rings. The van der Waals surface area contributed by atoms with Gasteiger partial charge in [-0.05, 0) is 25.7 Å². The van der Waals surface area contributed by atoms with Crippen LogP contribution in [0.15, 0.2) is 0 Å². The Hall–Kier alpha value is -1.06. The number of nitrogens with zero attached hydrogens (tertiary/aromatic N) is 1. The van der Waals surface area contributed by atoms with Crippen molar-refractivity contribution < 1.29 is 14.7 Å². The van der Waals surface area contributed by atoms with Gasteiger partial charge in [-0.25, -0.2) is 0 Å². The van der Waals surface area contributed by atoms with Gasteiger partial charge in [0.15, 0.2) is 0 Å². The summed E-state index contributed by atoms with van der Waals surface area (Å²) in [5.74, 6) is -0.514. The second-order valence-corrected chi connectivity index (χ2v) is 4.04. The molecule has 4 nitrogen and oxygen atoms in total. The number of carboxylic acid groups (broad SMARTS) is 1. The van der Waals surface area contributed by atoms with Crippen molar-refractivity contribution in [2.75, 3.05) is 13.1 Å². The van der Waals surface area contributed by atoms with E-state index >= 15 is 0 Å². The maximum Gasteiger partial charge on any atom is 0.303 e. The normalized spacial score (nSPS) is 17.6. The maximum atomic E-state index is 11.6.